The van der Waals surface area contributed by atoms with E-state index in [1.807, 2.05) is 19.9 Å². The molecule has 0 aliphatic rings. The quantitative estimate of drug-likeness (QED) is 0.505. The van der Waals surface area contributed by atoms with E-state index in [9.17, 15) is 14.7 Å². The number of thiocarbonyl (C=S) groups is 1. The lowest BCUT2D eigenvalue weighted by Gasteiger charge is -2.12. The number of carboxylic acid groups (broad SMARTS) is 1. The summed E-state index contributed by atoms with van der Waals surface area (Å²) < 4.78 is 0. The highest BCUT2D eigenvalue weighted by molar-refractivity contribution is 7.80. The molecule has 2 aromatic rings. The highest BCUT2D eigenvalue weighted by atomic mass is 32.1. The lowest BCUT2D eigenvalue weighted by atomic mass is 10.1. The molecule has 24 heavy (non-hydrogen) atoms. The van der Waals surface area contributed by atoms with E-state index in [0.717, 1.165) is 11.1 Å². The number of nitrogens with one attached hydrogen (secondary N) is 2. The van der Waals surface area contributed by atoms with Crippen LogP contribution in [0, 0.1) is 13.8 Å². The zero-order chi connectivity index (χ0) is 17.9. The maximum atomic E-state index is 12.2. The number of phenols is 1. The smallest absolute Gasteiger partial charge is 0.335 e. The molecule has 0 unspecified atom stereocenters. The summed E-state index contributed by atoms with van der Waals surface area (Å²) in [5, 5.41) is 23.8. The molecule has 0 saturated carbocycles. The van der Waals surface area contributed by atoms with Gasteiger partial charge in [-0.25, -0.2) is 4.79 Å². The molecule has 1 amide bonds. The fourth-order valence-electron chi connectivity index (χ4n) is 2.20. The minimum atomic E-state index is -1.14. The van der Waals surface area contributed by atoms with E-state index in [0.29, 0.717) is 5.56 Å². The summed E-state index contributed by atoms with van der Waals surface area (Å²) in [4.78, 5) is 23.2. The third-order valence-corrected chi connectivity index (χ3v) is 3.41. The standard InChI is InChI=1S/C17H16N2O4S/c1-9-5-10(2)7-12(6-9)15(21)19-17(24)18-13-8-11(16(22)23)3-4-14(13)20/h3-8,20H,1-2H3,(H,22,23)(H2,18,19,21,24). The van der Waals surface area contributed by atoms with Crippen LogP contribution in [0.4, 0.5) is 5.69 Å². The summed E-state index contributed by atoms with van der Waals surface area (Å²) in [6.45, 7) is 3.77. The van der Waals surface area contributed by atoms with Gasteiger partial charge in [0.2, 0.25) is 0 Å². The summed E-state index contributed by atoms with van der Waals surface area (Å²) in [7, 11) is 0. The Morgan fingerprint density at radius 3 is 2.21 bits per heavy atom. The zero-order valence-electron chi connectivity index (χ0n) is 13.1. The second kappa shape index (κ2) is 7.10. The second-order valence-electron chi connectivity index (χ2n) is 5.32. The first kappa shape index (κ1) is 17.4. The molecule has 124 valence electrons. The van der Waals surface area contributed by atoms with Gasteiger partial charge in [0.1, 0.15) is 5.75 Å². The van der Waals surface area contributed by atoms with Gasteiger partial charge < -0.3 is 15.5 Å². The average Bonchev–Trinajstić information content (AvgIpc) is 2.48. The van der Waals surface area contributed by atoms with Crippen LogP contribution < -0.4 is 10.6 Å². The monoisotopic (exact) mass is 344 g/mol. The Hall–Kier alpha value is -2.93. The van der Waals surface area contributed by atoms with Crippen LogP contribution in [0.5, 0.6) is 5.75 Å². The Morgan fingerprint density at radius 1 is 1.00 bits per heavy atom. The first-order valence-corrected chi connectivity index (χ1v) is 7.44. The summed E-state index contributed by atoms with van der Waals surface area (Å²) in [5.74, 6) is -1.71. The largest absolute Gasteiger partial charge is 0.506 e. The summed E-state index contributed by atoms with van der Waals surface area (Å²) >= 11 is 5.04. The van der Waals surface area contributed by atoms with Gasteiger partial charge in [-0.3, -0.25) is 10.1 Å². The molecule has 4 N–H and O–H groups in total. The average molecular weight is 344 g/mol. The van der Waals surface area contributed by atoms with Gasteiger partial charge in [-0.05, 0) is 56.4 Å². The number of benzene rings is 2. The number of carbonyl (C=O) groups excluding carboxylic acids is 1. The van der Waals surface area contributed by atoms with E-state index in [1.54, 1.807) is 12.1 Å². The van der Waals surface area contributed by atoms with Crippen molar-refractivity contribution in [1.29, 1.82) is 0 Å². The molecule has 0 heterocycles. The SMILES string of the molecule is Cc1cc(C)cc(C(=O)NC(=S)Nc2cc(C(=O)O)ccc2O)c1. The van der Waals surface area contributed by atoms with Crippen molar-refractivity contribution >= 4 is 34.9 Å². The second-order valence-corrected chi connectivity index (χ2v) is 5.73. The number of hydrogen-bond donors (Lipinski definition) is 4. The molecule has 0 aliphatic heterocycles. The summed E-state index contributed by atoms with van der Waals surface area (Å²) in [5.41, 5.74) is 2.44. The molecule has 0 fully saturated rings. The van der Waals surface area contributed by atoms with Crippen molar-refractivity contribution in [2.75, 3.05) is 5.32 Å². The van der Waals surface area contributed by atoms with Gasteiger partial charge in [0.05, 0.1) is 11.3 Å². The minimum Gasteiger partial charge on any atom is -0.506 e. The molecule has 0 bridgehead atoms. The van der Waals surface area contributed by atoms with E-state index in [4.69, 9.17) is 17.3 Å². The third-order valence-electron chi connectivity index (χ3n) is 3.20. The van der Waals surface area contributed by atoms with Gasteiger partial charge >= 0.3 is 5.97 Å². The Morgan fingerprint density at radius 2 is 1.62 bits per heavy atom. The van der Waals surface area contributed by atoms with Crippen LogP contribution in [0.1, 0.15) is 31.8 Å². The van der Waals surface area contributed by atoms with Gasteiger partial charge in [-0.2, -0.15) is 0 Å². The molecule has 2 aromatic carbocycles. The number of carbonyl (C=O) groups is 2. The third kappa shape index (κ3) is 4.30. The Bertz CT molecular complexity index is 813. The number of aromatic hydroxyl groups is 1. The van der Waals surface area contributed by atoms with Crippen LogP contribution in [0.25, 0.3) is 0 Å². The van der Waals surface area contributed by atoms with E-state index in [-0.39, 0.29) is 22.1 Å². The van der Waals surface area contributed by atoms with Gasteiger partial charge in [0, 0.05) is 5.56 Å². The number of hydrogen-bond acceptors (Lipinski definition) is 4. The van der Waals surface area contributed by atoms with Crippen molar-refractivity contribution in [2.45, 2.75) is 13.8 Å². The van der Waals surface area contributed by atoms with Gasteiger partial charge in [0.15, 0.2) is 5.11 Å². The summed E-state index contributed by atoms with van der Waals surface area (Å²) in [6, 6.07) is 9.14. The van der Waals surface area contributed by atoms with Crippen molar-refractivity contribution in [3.63, 3.8) is 0 Å². The van der Waals surface area contributed by atoms with Crippen molar-refractivity contribution in [1.82, 2.24) is 5.32 Å². The van der Waals surface area contributed by atoms with Gasteiger partial charge in [-0.15, -0.1) is 0 Å². The first-order valence-electron chi connectivity index (χ1n) is 7.03. The van der Waals surface area contributed by atoms with Crippen molar-refractivity contribution in [2.24, 2.45) is 0 Å². The Balaban J connectivity index is 2.12. The molecule has 0 aliphatic carbocycles. The van der Waals surface area contributed by atoms with Crippen molar-refractivity contribution < 1.29 is 19.8 Å². The Kier molecular flexibility index (Phi) is 5.15. The molecule has 0 atom stereocenters. The van der Waals surface area contributed by atoms with E-state index >= 15 is 0 Å². The number of amides is 1. The van der Waals surface area contributed by atoms with Gasteiger partial charge in [-0.1, -0.05) is 17.2 Å². The number of rotatable bonds is 3. The lowest BCUT2D eigenvalue weighted by Crippen LogP contribution is -2.34. The number of carboxylic acids is 1. The van der Waals surface area contributed by atoms with E-state index in [1.165, 1.54) is 18.2 Å². The van der Waals surface area contributed by atoms with E-state index < -0.39 is 11.9 Å². The normalized spacial score (nSPS) is 10.1. The molecule has 2 rings (SSSR count). The topological polar surface area (TPSA) is 98.7 Å². The molecular formula is C17H16N2O4S. The maximum absolute atomic E-state index is 12.2. The van der Waals surface area contributed by atoms with Crippen LogP contribution in [-0.4, -0.2) is 27.2 Å². The lowest BCUT2D eigenvalue weighted by molar-refractivity contribution is 0.0696. The van der Waals surface area contributed by atoms with Crippen LogP contribution in [0.2, 0.25) is 0 Å². The molecule has 6 nitrogen and oxygen atoms in total. The molecule has 0 aromatic heterocycles. The van der Waals surface area contributed by atoms with E-state index in [2.05, 4.69) is 10.6 Å². The Labute approximate surface area is 144 Å². The van der Waals surface area contributed by atoms with Crippen molar-refractivity contribution in [3.8, 4) is 5.75 Å². The molecule has 0 saturated heterocycles. The number of anilines is 1. The predicted octanol–water partition coefficient (Wildman–Crippen LogP) is 2.83. The fourth-order valence-corrected chi connectivity index (χ4v) is 2.41. The van der Waals surface area contributed by atoms with Crippen LogP contribution >= 0.6 is 12.2 Å². The molecular weight excluding hydrogens is 328 g/mol. The molecule has 7 heteroatoms. The predicted molar refractivity (Wildman–Crippen MR) is 94.7 cm³/mol. The first-order chi connectivity index (χ1) is 11.3. The minimum absolute atomic E-state index is 0.0151. The summed E-state index contributed by atoms with van der Waals surface area (Å²) in [6.07, 6.45) is 0. The fraction of sp³-hybridized carbons (Fsp3) is 0.118. The highest BCUT2D eigenvalue weighted by Crippen LogP contribution is 2.24. The van der Waals surface area contributed by atoms with Crippen LogP contribution in [0.15, 0.2) is 36.4 Å². The van der Waals surface area contributed by atoms with Gasteiger partial charge in [0.25, 0.3) is 5.91 Å². The number of aromatic carboxylic acids is 1. The van der Waals surface area contributed by atoms with Crippen molar-refractivity contribution in [3.05, 3.63) is 58.7 Å². The number of phenolic OH excluding ortho intramolecular Hbond substituents is 1. The van der Waals surface area contributed by atoms with Crippen LogP contribution in [-0.2, 0) is 0 Å². The van der Waals surface area contributed by atoms with Crippen LogP contribution in [0.3, 0.4) is 0 Å². The highest BCUT2D eigenvalue weighted by Gasteiger charge is 2.12. The zero-order valence-corrected chi connectivity index (χ0v) is 13.9. The maximum Gasteiger partial charge on any atom is 0.335 e. The molecule has 0 spiro atoms. The molecule has 0 radical (unpaired) electrons. The number of aryl methyl sites for hydroxylation is 2.